The first-order valence-electron chi connectivity index (χ1n) is 5.38. The second-order valence-corrected chi connectivity index (χ2v) is 5.62. The third kappa shape index (κ3) is 4.26. The smallest absolute Gasteiger partial charge is 0.331 e. The summed E-state index contributed by atoms with van der Waals surface area (Å²) in [5.74, 6) is -1.23. The van der Waals surface area contributed by atoms with E-state index < -0.39 is 17.2 Å². The topological polar surface area (TPSA) is 78.4 Å². The maximum Gasteiger partial charge on any atom is 0.331 e. The summed E-state index contributed by atoms with van der Waals surface area (Å²) < 4.78 is 10.2. The molecule has 6 nitrogen and oxygen atoms in total. The number of aryl methyl sites for hydroxylation is 1. The summed E-state index contributed by atoms with van der Waals surface area (Å²) in [4.78, 5) is 23.4. The van der Waals surface area contributed by atoms with Crippen LogP contribution >= 0.6 is 23.1 Å². The Morgan fingerprint density at radius 3 is 2.17 bits per heavy atom. The number of thioether (sulfide) groups is 1. The molecule has 8 heteroatoms. The van der Waals surface area contributed by atoms with E-state index in [0.29, 0.717) is 4.34 Å². The van der Waals surface area contributed by atoms with Crippen molar-refractivity contribution >= 4 is 35.0 Å². The monoisotopic (exact) mass is 290 g/mol. The van der Waals surface area contributed by atoms with E-state index in [1.54, 1.807) is 20.8 Å². The minimum absolute atomic E-state index is 0.213. The van der Waals surface area contributed by atoms with Crippen molar-refractivity contribution in [1.82, 2.24) is 10.2 Å². The van der Waals surface area contributed by atoms with Crippen molar-refractivity contribution in [3.63, 3.8) is 0 Å². The minimum atomic E-state index is -1.04. The van der Waals surface area contributed by atoms with Gasteiger partial charge in [-0.2, -0.15) is 0 Å². The summed E-state index contributed by atoms with van der Waals surface area (Å²) in [6.45, 7) is 5.58. The van der Waals surface area contributed by atoms with E-state index >= 15 is 0 Å². The average Bonchev–Trinajstić information content (AvgIpc) is 2.72. The van der Waals surface area contributed by atoms with Crippen LogP contribution in [0.15, 0.2) is 4.34 Å². The zero-order valence-electron chi connectivity index (χ0n) is 10.3. The predicted octanol–water partition coefficient (Wildman–Crippen LogP) is 1.43. The molecule has 0 N–H and O–H groups in total. The van der Waals surface area contributed by atoms with E-state index in [9.17, 15) is 9.59 Å². The fourth-order valence-electron chi connectivity index (χ4n) is 1.06. The van der Waals surface area contributed by atoms with Gasteiger partial charge in [0.25, 0.3) is 0 Å². The molecule has 0 spiro atoms. The van der Waals surface area contributed by atoms with Crippen LogP contribution in [0.3, 0.4) is 0 Å². The molecule has 1 aromatic rings. The molecule has 0 aliphatic carbocycles. The number of ether oxygens (including phenoxy) is 2. The molecule has 0 amide bonds. The highest BCUT2D eigenvalue weighted by molar-refractivity contribution is 8.02. The second kappa shape index (κ2) is 7.32. The molecule has 0 unspecified atom stereocenters. The lowest BCUT2D eigenvalue weighted by molar-refractivity contribution is -0.152. The molecule has 0 radical (unpaired) electrons. The van der Waals surface area contributed by atoms with Crippen LogP contribution in [-0.2, 0) is 19.1 Å². The normalized spacial score (nSPS) is 10.4. The predicted molar refractivity (Wildman–Crippen MR) is 67.6 cm³/mol. The first-order chi connectivity index (χ1) is 8.58. The molecule has 0 fully saturated rings. The summed E-state index contributed by atoms with van der Waals surface area (Å²) in [5.41, 5.74) is 0. The third-order valence-corrected chi connectivity index (χ3v) is 3.80. The molecule has 1 aromatic heterocycles. The number of carbonyl (C=O) groups excluding carboxylic acids is 2. The molecular weight excluding hydrogens is 276 g/mol. The van der Waals surface area contributed by atoms with E-state index in [1.165, 1.54) is 11.3 Å². The number of rotatable bonds is 6. The Bertz CT molecular complexity index is 404. The summed E-state index contributed by atoms with van der Waals surface area (Å²) in [7, 11) is 0. The molecule has 0 aromatic carbocycles. The van der Waals surface area contributed by atoms with Crippen LogP contribution in [-0.4, -0.2) is 40.6 Å². The van der Waals surface area contributed by atoms with Gasteiger partial charge in [0.2, 0.25) is 5.25 Å². The van der Waals surface area contributed by atoms with Gasteiger partial charge < -0.3 is 9.47 Å². The number of nitrogens with zero attached hydrogens (tertiary/aromatic N) is 2. The molecule has 100 valence electrons. The van der Waals surface area contributed by atoms with Gasteiger partial charge in [-0.25, -0.2) is 0 Å². The largest absolute Gasteiger partial charge is 0.465 e. The van der Waals surface area contributed by atoms with Crippen LogP contribution in [0.4, 0.5) is 0 Å². The zero-order valence-corrected chi connectivity index (χ0v) is 12.0. The molecule has 0 aliphatic heterocycles. The summed E-state index contributed by atoms with van der Waals surface area (Å²) in [5, 5.41) is 7.40. The van der Waals surface area contributed by atoms with Crippen LogP contribution in [0.25, 0.3) is 0 Å². The first-order valence-corrected chi connectivity index (χ1v) is 7.08. The van der Waals surface area contributed by atoms with Gasteiger partial charge in [-0.05, 0) is 20.8 Å². The fourth-order valence-corrected chi connectivity index (χ4v) is 2.93. The van der Waals surface area contributed by atoms with E-state index in [4.69, 9.17) is 9.47 Å². The Labute approximate surface area is 113 Å². The van der Waals surface area contributed by atoms with E-state index in [2.05, 4.69) is 10.2 Å². The summed E-state index contributed by atoms with van der Waals surface area (Å²) in [6, 6.07) is 0. The maximum absolute atomic E-state index is 11.7. The van der Waals surface area contributed by atoms with Crippen molar-refractivity contribution in [2.75, 3.05) is 13.2 Å². The lowest BCUT2D eigenvalue weighted by Gasteiger charge is -2.11. The van der Waals surface area contributed by atoms with Gasteiger partial charge >= 0.3 is 11.9 Å². The van der Waals surface area contributed by atoms with Gasteiger partial charge in [-0.15, -0.1) is 10.2 Å². The molecule has 0 saturated carbocycles. The molecule has 0 atom stereocenters. The summed E-state index contributed by atoms with van der Waals surface area (Å²) in [6.07, 6.45) is 0. The van der Waals surface area contributed by atoms with Crippen molar-refractivity contribution in [3.05, 3.63) is 5.01 Å². The van der Waals surface area contributed by atoms with Crippen molar-refractivity contribution in [3.8, 4) is 0 Å². The van der Waals surface area contributed by atoms with Crippen molar-refractivity contribution < 1.29 is 19.1 Å². The molecule has 0 saturated heterocycles. The highest BCUT2D eigenvalue weighted by Crippen LogP contribution is 2.27. The highest BCUT2D eigenvalue weighted by atomic mass is 32.2. The maximum atomic E-state index is 11.7. The zero-order chi connectivity index (χ0) is 13.5. The Kier molecular flexibility index (Phi) is 6.06. The lowest BCUT2D eigenvalue weighted by atomic mass is 10.4. The van der Waals surface area contributed by atoms with Gasteiger partial charge in [0, 0.05) is 0 Å². The van der Waals surface area contributed by atoms with Gasteiger partial charge in [0.15, 0.2) is 4.34 Å². The number of aromatic nitrogens is 2. The molecule has 1 heterocycles. The van der Waals surface area contributed by atoms with E-state index in [-0.39, 0.29) is 13.2 Å². The lowest BCUT2D eigenvalue weighted by Crippen LogP contribution is -2.30. The standard InChI is InChI=1S/C10H14N2O4S2/c1-4-15-8(13)7(9(14)16-5-2)18-10-12-11-6(3)17-10/h7H,4-5H2,1-3H3. The van der Waals surface area contributed by atoms with Crippen LogP contribution in [0, 0.1) is 6.92 Å². The second-order valence-electron chi connectivity index (χ2n) is 3.09. The van der Waals surface area contributed by atoms with Crippen molar-refractivity contribution in [2.24, 2.45) is 0 Å². The SMILES string of the molecule is CCOC(=O)C(Sc1nnc(C)s1)C(=O)OCC. The van der Waals surface area contributed by atoms with Crippen LogP contribution in [0.5, 0.6) is 0 Å². The van der Waals surface area contributed by atoms with E-state index in [1.807, 2.05) is 0 Å². The third-order valence-electron chi connectivity index (χ3n) is 1.73. The molecule has 0 aliphatic rings. The summed E-state index contributed by atoms with van der Waals surface area (Å²) >= 11 is 2.31. The Hall–Kier alpha value is -1.15. The van der Waals surface area contributed by atoms with Crippen LogP contribution in [0.1, 0.15) is 18.9 Å². The minimum Gasteiger partial charge on any atom is -0.465 e. The quantitative estimate of drug-likeness (QED) is 0.445. The van der Waals surface area contributed by atoms with Gasteiger partial charge in [-0.3, -0.25) is 9.59 Å². The number of hydrogen-bond acceptors (Lipinski definition) is 8. The molecule has 1 rings (SSSR count). The highest BCUT2D eigenvalue weighted by Gasteiger charge is 2.32. The Morgan fingerprint density at radius 2 is 1.78 bits per heavy atom. The van der Waals surface area contributed by atoms with Crippen molar-refractivity contribution in [1.29, 1.82) is 0 Å². The first kappa shape index (κ1) is 14.9. The van der Waals surface area contributed by atoms with Crippen molar-refractivity contribution in [2.45, 2.75) is 30.4 Å². The number of carbonyl (C=O) groups is 2. The Balaban J connectivity index is 2.76. The molecule has 0 bridgehead atoms. The average molecular weight is 290 g/mol. The Morgan fingerprint density at radius 1 is 1.22 bits per heavy atom. The molecular formula is C10H14N2O4S2. The molecule has 18 heavy (non-hydrogen) atoms. The fraction of sp³-hybridized carbons (Fsp3) is 0.600. The van der Waals surface area contributed by atoms with Gasteiger partial charge in [0.05, 0.1) is 13.2 Å². The van der Waals surface area contributed by atoms with Crippen LogP contribution in [0.2, 0.25) is 0 Å². The van der Waals surface area contributed by atoms with Gasteiger partial charge in [0.1, 0.15) is 5.01 Å². The number of esters is 2. The number of hydrogen-bond donors (Lipinski definition) is 0. The van der Waals surface area contributed by atoms with E-state index in [0.717, 1.165) is 16.8 Å². The van der Waals surface area contributed by atoms with Crippen LogP contribution < -0.4 is 0 Å². The van der Waals surface area contributed by atoms with Gasteiger partial charge in [-0.1, -0.05) is 23.1 Å².